The van der Waals surface area contributed by atoms with E-state index < -0.39 is 17.9 Å². The third kappa shape index (κ3) is 4.98. The molecular weight excluding hydrogens is 249 g/mol. The van der Waals surface area contributed by atoms with Crippen LogP contribution in [0.2, 0.25) is 0 Å². The van der Waals surface area contributed by atoms with Crippen molar-refractivity contribution in [3.05, 3.63) is 0 Å². The van der Waals surface area contributed by atoms with Gasteiger partial charge in [0.2, 0.25) is 0 Å². The molecule has 9 heavy (non-hydrogen) atoms. The van der Waals surface area contributed by atoms with E-state index in [4.69, 9.17) is 10.2 Å². The molecule has 0 fully saturated rings. The summed E-state index contributed by atoms with van der Waals surface area (Å²) in [7, 11) is 0. The Morgan fingerprint density at radius 1 is 1.33 bits per heavy atom. The second-order valence-corrected chi connectivity index (χ2v) is 1.40. The predicted molar refractivity (Wildman–Crippen MR) is 32.4 cm³/mol. The van der Waals surface area contributed by atoms with Gasteiger partial charge in [-0.15, -0.1) is 0 Å². The second kappa shape index (κ2) is 5.31. The molecule has 0 saturated heterocycles. The smallest absolute Gasteiger partial charge is 1.00 e. The van der Waals surface area contributed by atoms with Crippen LogP contribution in [0, 0.1) is 5.92 Å². The normalized spacial score (nSPS) is 8.22. The minimum atomic E-state index is -1.31. The van der Waals surface area contributed by atoms with Gasteiger partial charge in [-0.1, -0.05) is 0 Å². The van der Waals surface area contributed by atoms with Gasteiger partial charge in [0.05, 0.1) is 0 Å². The fourth-order valence-corrected chi connectivity index (χ4v) is 0.106. The van der Waals surface area contributed by atoms with Gasteiger partial charge in [-0.25, -0.2) is 0 Å². The van der Waals surface area contributed by atoms with E-state index in [1.165, 1.54) is 0 Å². The first-order chi connectivity index (χ1) is 3.55. The van der Waals surface area contributed by atoms with Crippen molar-refractivity contribution in [2.24, 2.45) is 5.92 Å². The van der Waals surface area contributed by atoms with Gasteiger partial charge in [0.1, 0.15) is 0 Å². The molecule has 0 heterocycles. The van der Waals surface area contributed by atoms with Crippen LogP contribution in [-0.2, 0) is 9.59 Å². The average molecular weight is 257 g/mol. The van der Waals surface area contributed by atoms with E-state index in [0.717, 1.165) is 6.92 Å². The van der Waals surface area contributed by atoms with Crippen molar-refractivity contribution in [1.29, 1.82) is 0 Å². The van der Waals surface area contributed by atoms with E-state index in [1.807, 2.05) is 0 Å². The van der Waals surface area contributed by atoms with E-state index in [-0.39, 0.29) is 51.7 Å². The summed E-state index contributed by atoms with van der Waals surface area (Å²) >= 11 is 0. The van der Waals surface area contributed by atoms with Gasteiger partial charge >= 0.3 is 60.8 Å². The monoisotopic (exact) mass is 258 g/mol. The number of rotatable bonds is 2. The third-order valence-corrected chi connectivity index (χ3v) is 0.741. The third-order valence-electron chi connectivity index (χ3n) is 0.741. The Hall–Kier alpha value is 0.511. The maximum Gasteiger partial charge on any atom is 2.00 e. The van der Waals surface area contributed by atoms with E-state index in [0.29, 0.717) is 0 Å². The Bertz CT molecular complexity index is 115. The molecule has 0 spiro atoms. The van der Waals surface area contributed by atoms with Gasteiger partial charge < -0.3 is 13.1 Å². The van der Waals surface area contributed by atoms with Crippen LogP contribution in [0.5, 0.6) is 0 Å². The van der Waals surface area contributed by atoms with Crippen LogP contribution in [0.1, 0.15) is 9.78 Å². The van der Waals surface area contributed by atoms with Crippen LogP contribution in [0.25, 0.3) is 0 Å². The van der Waals surface area contributed by atoms with Crippen molar-refractivity contribution in [2.75, 3.05) is 0 Å². The maximum absolute atomic E-state index is 9.76. The summed E-state index contributed by atoms with van der Waals surface area (Å²) in [5.41, 5.74) is 0. The number of carbonyl (C=O) groups is 2. The molecule has 0 rings (SSSR count). The van der Waals surface area contributed by atoms with Crippen molar-refractivity contribution in [1.82, 2.24) is 0 Å². The zero-order valence-corrected chi connectivity index (χ0v) is 9.44. The number of hydrogen-bond acceptors (Lipinski definition) is 2. The minimum absolute atomic E-state index is 0. The topological polar surface area (TPSA) is 74.6 Å². The molecule has 0 aromatic heterocycles. The standard InChI is InChI=1S/C4H6O4.Ba.2H/c1-2(3(5)6)4(7)8;;;/h2H,1H3,(H,5,6)(H,7,8);;;/q;+2;2*-1. The predicted octanol–water partition coefficient (Wildman–Crippen LogP) is -0.364. The fourth-order valence-electron chi connectivity index (χ4n) is 0.106. The van der Waals surface area contributed by atoms with Gasteiger partial charge in [-0.05, 0) is 6.92 Å². The van der Waals surface area contributed by atoms with Crippen molar-refractivity contribution < 1.29 is 22.7 Å². The Morgan fingerprint density at radius 3 is 1.56 bits per heavy atom. The van der Waals surface area contributed by atoms with Crippen LogP contribution in [0.15, 0.2) is 0 Å². The van der Waals surface area contributed by atoms with Crippen LogP contribution in [0.3, 0.4) is 0 Å². The molecule has 0 aliphatic heterocycles. The van der Waals surface area contributed by atoms with Crippen LogP contribution in [-0.4, -0.2) is 71.0 Å². The number of hydrogen-bond donors (Lipinski definition) is 2. The van der Waals surface area contributed by atoms with Crippen LogP contribution in [0.4, 0.5) is 0 Å². The molecule has 0 aliphatic rings. The molecule has 0 bridgehead atoms. The molecule has 0 saturated carbocycles. The molecule has 5 heteroatoms. The summed E-state index contributed by atoms with van der Waals surface area (Å²) in [6, 6.07) is 0. The van der Waals surface area contributed by atoms with Crippen molar-refractivity contribution >= 4 is 60.8 Å². The summed E-state index contributed by atoms with van der Waals surface area (Å²) in [6.07, 6.45) is 0. The summed E-state index contributed by atoms with van der Waals surface area (Å²) in [5, 5.41) is 15.9. The van der Waals surface area contributed by atoms with Crippen molar-refractivity contribution in [2.45, 2.75) is 6.92 Å². The molecule has 0 unspecified atom stereocenters. The van der Waals surface area contributed by atoms with E-state index in [2.05, 4.69) is 0 Å². The van der Waals surface area contributed by atoms with Gasteiger partial charge in [0.15, 0.2) is 5.92 Å². The Kier molecular flexibility index (Phi) is 7.20. The SMILES string of the molecule is CC(C(=O)O)C(=O)O.[Ba+2].[H-].[H-]. The first-order valence-electron chi connectivity index (χ1n) is 2.01. The second-order valence-electron chi connectivity index (χ2n) is 1.40. The zero-order valence-electron chi connectivity index (χ0n) is 7.00. The first kappa shape index (κ1) is 12.2. The first-order valence-corrected chi connectivity index (χ1v) is 2.01. The Morgan fingerprint density at radius 2 is 1.56 bits per heavy atom. The molecule has 0 aromatic carbocycles. The summed E-state index contributed by atoms with van der Waals surface area (Å²) in [5.74, 6) is -3.91. The van der Waals surface area contributed by atoms with E-state index >= 15 is 0 Å². The zero-order chi connectivity index (χ0) is 6.73. The number of carboxylic acids is 2. The Balaban J connectivity index is -0.0000000817. The van der Waals surface area contributed by atoms with Gasteiger partial charge in [0.25, 0.3) is 0 Å². The van der Waals surface area contributed by atoms with Crippen molar-refractivity contribution in [3.63, 3.8) is 0 Å². The summed E-state index contributed by atoms with van der Waals surface area (Å²) in [4.78, 5) is 19.5. The molecule has 0 amide bonds. The van der Waals surface area contributed by atoms with Gasteiger partial charge in [-0.3, -0.25) is 9.59 Å². The van der Waals surface area contributed by atoms with Gasteiger partial charge in [-0.2, -0.15) is 0 Å². The Labute approximate surface area is 95.3 Å². The van der Waals surface area contributed by atoms with Crippen LogP contribution < -0.4 is 0 Å². The van der Waals surface area contributed by atoms with E-state index in [1.54, 1.807) is 0 Å². The quantitative estimate of drug-likeness (QED) is 0.523. The fraction of sp³-hybridized carbons (Fsp3) is 0.500. The summed E-state index contributed by atoms with van der Waals surface area (Å²) in [6.45, 7) is 1.12. The van der Waals surface area contributed by atoms with E-state index in [9.17, 15) is 9.59 Å². The molecule has 0 aliphatic carbocycles. The van der Waals surface area contributed by atoms with Crippen LogP contribution >= 0.6 is 0 Å². The molecule has 4 nitrogen and oxygen atoms in total. The van der Waals surface area contributed by atoms with Crippen molar-refractivity contribution in [3.8, 4) is 0 Å². The minimum Gasteiger partial charge on any atom is -1.00 e. The van der Waals surface area contributed by atoms with Gasteiger partial charge in [0, 0.05) is 0 Å². The molecule has 50 valence electrons. The average Bonchev–Trinajstić information content (AvgIpc) is 1.64. The number of aliphatic carboxylic acids is 2. The molecule has 2 N–H and O–H groups in total. The molecule has 0 atom stereocenters. The summed E-state index contributed by atoms with van der Waals surface area (Å²) < 4.78 is 0. The maximum atomic E-state index is 9.76. The molecule has 0 radical (unpaired) electrons. The largest absolute Gasteiger partial charge is 2.00 e. The molecule has 0 aromatic rings. The molecular formula is C4H8BaO4. The number of carboxylic acid groups (broad SMARTS) is 2.